The molecule has 184 valence electrons. The molecule has 0 spiro atoms. The van der Waals surface area contributed by atoms with E-state index in [-0.39, 0.29) is 16.0 Å². The van der Waals surface area contributed by atoms with E-state index in [1.54, 1.807) is 37.3 Å². The number of halogens is 1. The Hall–Kier alpha value is -3.16. The van der Waals surface area contributed by atoms with Crippen molar-refractivity contribution in [3.63, 3.8) is 0 Å². The van der Waals surface area contributed by atoms with Gasteiger partial charge in [-0.1, -0.05) is 80.9 Å². The second-order valence-corrected chi connectivity index (χ2v) is 11.6. The summed E-state index contributed by atoms with van der Waals surface area (Å²) in [6.07, 6.45) is 0. The van der Waals surface area contributed by atoms with Gasteiger partial charge >= 0.3 is 0 Å². The number of nitrogens with zero attached hydrogens (tertiary/aromatic N) is 2. The zero-order chi connectivity index (χ0) is 25.8. The van der Waals surface area contributed by atoms with Crippen LogP contribution in [0.25, 0.3) is 0 Å². The Bertz CT molecular complexity index is 1330. The smallest absolute Gasteiger partial charge is 0.264 e. The molecule has 1 amide bonds. The molecule has 8 heteroatoms. The fourth-order valence-electron chi connectivity index (χ4n) is 3.36. The number of hydrogen-bond acceptors (Lipinski definition) is 4. The van der Waals surface area contributed by atoms with Crippen LogP contribution in [0.1, 0.15) is 44.4 Å². The molecule has 35 heavy (non-hydrogen) atoms. The van der Waals surface area contributed by atoms with Crippen molar-refractivity contribution in [2.24, 2.45) is 5.10 Å². The van der Waals surface area contributed by atoms with Gasteiger partial charge in [-0.05, 0) is 60.2 Å². The Morgan fingerprint density at radius 2 is 1.63 bits per heavy atom. The predicted molar refractivity (Wildman–Crippen MR) is 143 cm³/mol. The van der Waals surface area contributed by atoms with Crippen LogP contribution in [0.5, 0.6) is 0 Å². The van der Waals surface area contributed by atoms with Gasteiger partial charge in [0.2, 0.25) is 0 Å². The standard InChI is InChI=1S/C27H30ClN3O3S/c1-19-11-16-23(17-25(19)28)31(35(33,34)24-9-7-6-8-10-24)18-26(32)30-29-20(2)21-12-14-22(15-13-21)27(3,4)5/h6-17H,18H2,1-5H3,(H,30,32)/b29-20-. The highest BCUT2D eigenvalue weighted by molar-refractivity contribution is 7.92. The lowest BCUT2D eigenvalue weighted by Crippen LogP contribution is -2.39. The summed E-state index contributed by atoms with van der Waals surface area (Å²) in [6.45, 7) is 9.56. The van der Waals surface area contributed by atoms with Crippen molar-refractivity contribution in [1.82, 2.24) is 5.43 Å². The van der Waals surface area contributed by atoms with Crippen LogP contribution >= 0.6 is 11.6 Å². The van der Waals surface area contributed by atoms with E-state index in [9.17, 15) is 13.2 Å². The summed E-state index contributed by atoms with van der Waals surface area (Å²) in [5.74, 6) is -0.577. The highest BCUT2D eigenvalue weighted by Crippen LogP contribution is 2.28. The predicted octanol–water partition coefficient (Wildman–Crippen LogP) is 5.68. The van der Waals surface area contributed by atoms with Gasteiger partial charge in [-0.15, -0.1) is 0 Å². The first-order valence-corrected chi connectivity index (χ1v) is 13.0. The highest BCUT2D eigenvalue weighted by Gasteiger charge is 2.27. The summed E-state index contributed by atoms with van der Waals surface area (Å²) >= 11 is 6.26. The van der Waals surface area contributed by atoms with Gasteiger partial charge in [-0.25, -0.2) is 13.8 Å². The summed E-state index contributed by atoms with van der Waals surface area (Å²) in [7, 11) is -4.02. The summed E-state index contributed by atoms with van der Waals surface area (Å²) in [5.41, 5.74) is 6.26. The molecule has 3 aromatic rings. The monoisotopic (exact) mass is 511 g/mol. The maximum absolute atomic E-state index is 13.4. The van der Waals surface area contributed by atoms with Crippen LogP contribution in [-0.4, -0.2) is 26.6 Å². The number of sulfonamides is 1. The number of anilines is 1. The first-order chi connectivity index (χ1) is 16.4. The van der Waals surface area contributed by atoms with Gasteiger partial charge in [-0.2, -0.15) is 5.10 Å². The van der Waals surface area contributed by atoms with Gasteiger partial charge in [0.25, 0.3) is 15.9 Å². The summed E-state index contributed by atoms with van der Waals surface area (Å²) in [5, 5.41) is 4.60. The van der Waals surface area contributed by atoms with Gasteiger partial charge in [0.1, 0.15) is 6.54 Å². The Labute approximate surface area is 212 Å². The van der Waals surface area contributed by atoms with Crippen molar-refractivity contribution in [2.75, 3.05) is 10.8 Å². The molecular formula is C27H30ClN3O3S. The van der Waals surface area contributed by atoms with Crippen LogP contribution < -0.4 is 9.73 Å². The lowest BCUT2D eigenvalue weighted by molar-refractivity contribution is -0.119. The number of rotatable bonds is 7. The first kappa shape index (κ1) is 26.4. The van der Waals surface area contributed by atoms with Crippen molar-refractivity contribution in [1.29, 1.82) is 0 Å². The van der Waals surface area contributed by atoms with E-state index in [1.807, 2.05) is 31.2 Å². The number of aryl methyl sites for hydroxylation is 1. The molecular weight excluding hydrogens is 482 g/mol. The average molecular weight is 512 g/mol. The number of amides is 1. The number of carbonyl (C=O) groups is 1. The Morgan fingerprint density at radius 1 is 1.00 bits per heavy atom. The fourth-order valence-corrected chi connectivity index (χ4v) is 4.97. The van der Waals surface area contributed by atoms with Crippen LogP contribution in [0, 0.1) is 6.92 Å². The SMILES string of the molecule is C/C(=N/NC(=O)CN(c1ccc(C)c(Cl)c1)S(=O)(=O)c1ccccc1)c1ccc(C(C)(C)C)cc1. The topological polar surface area (TPSA) is 78.8 Å². The van der Waals surface area contributed by atoms with Crippen LogP contribution in [0.4, 0.5) is 5.69 Å². The van der Waals surface area contributed by atoms with E-state index in [4.69, 9.17) is 11.6 Å². The Balaban J connectivity index is 1.84. The van der Waals surface area contributed by atoms with Gasteiger partial charge in [0.05, 0.1) is 16.3 Å². The fraction of sp³-hybridized carbons (Fsp3) is 0.259. The van der Waals surface area contributed by atoms with E-state index < -0.39 is 22.5 Å². The van der Waals surface area contributed by atoms with E-state index in [1.165, 1.54) is 23.8 Å². The molecule has 0 radical (unpaired) electrons. The molecule has 6 nitrogen and oxygen atoms in total. The lowest BCUT2D eigenvalue weighted by atomic mass is 9.86. The molecule has 0 aromatic heterocycles. The van der Waals surface area contributed by atoms with E-state index in [0.29, 0.717) is 10.7 Å². The third kappa shape index (κ3) is 6.50. The third-order valence-corrected chi connectivity index (χ3v) is 7.77. The van der Waals surface area contributed by atoms with E-state index >= 15 is 0 Å². The van der Waals surface area contributed by atoms with Crippen molar-refractivity contribution in [3.8, 4) is 0 Å². The molecule has 0 saturated carbocycles. The normalized spacial score (nSPS) is 12.3. The molecule has 0 bridgehead atoms. The first-order valence-electron chi connectivity index (χ1n) is 11.2. The average Bonchev–Trinajstić information content (AvgIpc) is 2.83. The van der Waals surface area contributed by atoms with E-state index in [2.05, 4.69) is 31.3 Å². The minimum atomic E-state index is -4.02. The molecule has 1 N–H and O–H groups in total. The van der Waals surface area contributed by atoms with Gasteiger partial charge in [-0.3, -0.25) is 9.10 Å². The second-order valence-electron chi connectivity index (χ2n) is 9.32. The molecule has 3 aromatic carbocycles. The molecule has 0 aliphatic rings. The zero-order valence-electron chi connectivity index (χ0n) is 20.5. The van der Waals surface area contributed by atoms with Crippen molar-refractivity contribution in [3.05, 3.63) is 94.5 Å². The van der Waals surface area contributed by atoms with Crippen molar-refractivity contribution < 1.29 is 13.2 Å². The van der Waals surface area contributed by atoms with Crippen LogP contribution in [0.2, 0.25) is 5.02 Å². The number of hydrazone groups is 1. The van der Waals surface area contributed by atoms with Gasteiger partial charge in [0, 0.05) is 5.02 Å². The van der Waals surface area contributed by atoms with Crippen molar-refractivity contribution in [2.45, 2.75) is 44.9 Å². The Kier molecular flexibility index (Phi) is 8.03. The maximum Gasteiger partial charge on any atom is 0.264 e. The number of nitrogens with one attached hydrogen (secondary N) is 1. The minimum absolute atomic E-state index is 0.0321. The Morgan fingerprint density at radius 3 is 2.20 bits per heavy atom. The van der Waals surface area contributed by atoms with Crippen LogP contribution in [-0.2, 0) is 20.2 Å². The number of hydrogen-bond donors (Lipinski definition) is 1. The molecule has 3 rings (SSSR count). The van der Waals surface area contributed by atoms with Crippen LogP contribution in [0.3, 0.4) is 0 Å². The van der Waals surface area contributed by atoms with Crippen molar-refractivity contribution >= 4 is 38.9 Å². The quantitative estimate of drug-likeness (QED) is 0.327. The molecule has 0 fully saturated rings. The largest absolute Gasteiger partial charge is 0.271 e. The second kappa shape index (κ2) is 10.6. The van der Waals surface area contributed by atoms with E-state index in [0.717, 1.165) is 15.4 Å². The van der Waals surface area contributed by atoms with Crippen LogP contribution in [0.15, 0.2) is 82.8 Å². The minimum Gasteiger partial charge on any atom is -0.271 e. The van der Waals surface area contributed by atoms with Gasteiger partial charge < -0.3 is 0 Å². The number of carbonyl (C=O) groups excluding carboxylic acids is 1. The number of benzene rings is 3. The molecule has 0 atom stereocenters. The summed E-state index contributed by atoms with van der Waals surface area (Å²) in [4.78, 5) is 12.9. The molecule has 0 aliphatic heterocycles. The maximum atomic E-state index is 13.4. The third-order valence-electron chi connectivity index (χ3n) is 5.58. The summed E-state index contributed by atoms with van der Waals surface area (Å²) < 4.78 is 27.8. The lowest BCUT2D eigenvalue weighted by Gasteiger charge is -2.24. The molecule has 0 unspecified atom stereocenters. The zero-order valence-corrected chi connectivity index (χ0v) is 22.1. The molecule has 0 aliphatic carbocycles. The van der Waals surface area contributed by atoms with Gasteiger partial charge in [0.15, 0.2) is 0 Å². The highest BCUT2D eigenvalue weighted by atomic mass is 35.5. The molecule has 0 heterocycles. The summed E-state index contributed by atoms with van der Waals surface area (Å²) in [6, 6.07) is 20.8. The molecule has 0 saturated heterocycles.